The Morgan fingerprint density at radius 3 is 2.33 bits per heavy atom. The largest absolute Gasteiger partial charge is 0.481 e. The minimum absolute atomic E-state index is 0.00386. The molecule has 1 amide bonds. The van der Waals surface area contributed by atoms with Gasteiger partial charge < -0.3 is 10.4 Å². The summed E-state index contributed by atoms with van der Waals surface area (Å²) < 4.78 is 25.2. The van der Waals surface area contributed by atoms with Crippen LogP contribution in [0.4, 0.5) is 0 Å². The first-order chi connectivity index (χ1) is 9.79. The summed E-state index contributed by atoms with van der Waals surface area (Å²) >= 11 is 0. The maximum absolute atomic E-state index is 11.9. The van der Waals surface area contributed by atoms with Gasteiger partial charge in [-0.1, -0.05) is 19.8 Å². The molecule has 1 aliphatic carbocycles. The van der Waals surface area contributed by atoms with Gasteiger partial charge in [0.05, 0.1) is 12.2 Å². The van der Waals surface area contributed by atoms with Crippen LogP contribution in [-0.4, -0.2) is 44.2 Å². The number of carboxylic acid groups (broad SMARTS) is 1. The van der Waals surface area contributed by atoms with E-state index < -0.39 is 21.4 Å². The second-order valence-electron chi connectivity index (χ2n) is 5.62. The van der Waals surface area contributed by atoms with Gasteiger partial charge in [0, 0.05) is 19.5 Å². The molecule has 1 aliphatic rings. The molecule has 122 valence electrons. The van der Waals surface area contributed by atoms with Crippen LogP contribution in [0.3, 0.4) is 0 Å². The van der Waals surface area contributed by atoms with Gasteiger partial charge in [0.25, 0.3) is 0 Å². The summed E-state index contributed by atoms with van der Waals surface area (Å²) in [6.07, 6.45) is 3.51. The molecule has 0 radical (unpaired) electrons. The average molecular weight is 320 g/mol. The molecule has 0 spiro atoms. The van der Waals surface area contributed by atoms with Crippen LogP contribution < -0.4 is 10.0 Å². The fourth-order valence-electron chi connectivity index (χ4n) is 2.88. The molecule has 0 heterocycles. The predicted molar refractivity (Wildman–Crippen MR) is 78.2 cm³/mol. The zero-order valence-electron chi connectivity index (χ0n) is 12.4. The van der Waals surface area contributed by atoms with Crippen molar-refractivity contribution in [3.05, 3.63) is 0 Å². The van der Waals surface area contributed by atoms with Crippen LogP contribution in [0.15, 0.2) is 0 Å². The van der Waals surface area contributed by atoms with Crippen LogP contribution >= 0.6 is 0 Å². The molecule has 0 atom stereocenters. The van der Waals surface area contributed by atoms with Gasteiger partial charge in [-0.25, -0.2) is 13.1 Å². The second-order valence-corrected chi connectivity index (χ2v) is 7.55. The van der Waals surface area contributed by atoms with Crippen molar-refractivity contribution in [2.75, 3.05) is 18.8 Å². The van der Waals surface area contributed by atoms with Gasteiger partial charge in [-0.15, -0.1) is 0 Å². The summed E-state index contributed by atoms with van der Waals surface area (Å²) in [4.78, 5) is 22.9. The molecule has 0 bridgehead atoms. The Labute approximate surface area is 125 Å². The lowest BCUT2D eigenvalue weighted by molar-refractivity contribution is -0.140. The molecule has 0 aromatic rings. The molecular weight excluding hydrogens is 296 g/mol. The molecular formula is C13H24N2O5S. The fourth-order valence-corrected chi connectivity index (χ4v) is 3.84. The van der Waals surface area contributed by atoms with E-state index in [2.05, 4.69) is 10.0 Å². The fraction of sp³-hybridized carbons (Fsp3) is 0.846. The number of hydrogen-bond acceptors (Lipinski definition) is 4. The van der Waals surface area contributed by atoms with Crippen molar-refractivity contribution in [1.82, 2.24) is 10.0 Å². The lowest BCUT2D eigenvalue weighted by atomic mass is 9.79. The number of sulfonamides is 1. The van der Waals surface area contributed by atoms with Gasteiger partial charge >= 0.3 is 5.97 Å². The monoisotopic (exact) mass is 320 g/mol. The molecule has 8 heteroatoms. The van der Waals surface area contributed by atoms with E-state index in [1.807, 2.05) is 0 Å². The molecule has 1 fully saturated rings. The van der Waals surface area contributed by atoms with E-state index in [1.54, 1.807) is 6.92 Å². The van der Waals surface area contributed by atoms with Crippen LogP contribution in [0.5, 0.6) is 0 Å². The Hall–Kier alpha value is -1.15. The van der Waals surface area contributed by atoms with E-state index in [0.717, 1.165) is 25.7 Å². The maximum Gasteiger partial charge on any atom is 0.303 e. The van der Waals surface area contributed by atoms with Gasteiger partial charge in [-0.05, 0) is 18.3 Å². The Bertz CT molecular complexity index is 469. The molecule has 21 heavy (non-hydrogen) atoms. The quantitative estimate of drug-likeness (QED) is 0.571. The number of carbonyl (C=O) groups excluding carboxylic acids is 1. The average Bonchev–Trinajstić information content (AvgIpc) is 2.75. The first-order valence-corrected chi connectivity index (χ1v) is 8.90. The van der Waals surface area contributed by atoms with Crippen molar-refractivity contribution >= 4 is 21.9 Å². The highest BCUT2D eigenvalue weighted by molar-refractivity contribution is 7.89. The number of nitrogens with one attached hydrogen (secondary N) is 2. The predicted octanol–water partition coefficient (Wildman–Crippen LogP) is 0.467. The van der Waals surface area contributed by atoms with Gasteiger partial charge in [-0.2, -0.15) is 0 Å². The van der Waals surface area contributed by atoms with Crippen molar-refractivity contribution in [2.24, 2.45) is 5.41 Å². The van der Waals surface area contributed by atoms with Crippen LogP contribution in [0, 0.1) is 5.41 Å². The van der Waals surface area contributed by atoms with E-state index in [9.17, 15) is 18.0 Å². The zero-order valence-corrected chi connectivity index (χ0v) is 13.2. The van der Waals surface area contributed by atoms with Crippen molar-refractivity contribution in [3.63, 3.8) is 0 Å². The van der Waals surface area contributed by atoms with Crippen molar-refractivity contribution < 1.29 is 23.1 Å². The van der Waals surface area contributed by atoms with Gasteiger partial charge in [0.1, 0.15) is 0 Å². The lowest BCUT2D eigenvalue weighted by Crippen LogP contribution is -2.37. The Balaban J connectivity index is 2.43. The van der Waals surface area contributed by atoms with Crippen molar-refractivity contribution in [3.8, 4) is 0 Å². The summed E-state index contributed by atoms with van der Waals surface area (Å²) in [5, 5.41) is 11.5. The molecule has 7 nitrogen and oxygen atoms in total. The summed E-state index contributed by atoms with van der Waals surface area (Å²) in [6, 6.07) is 0. The molecule has 0 aromatic carbocycles. The molecule has 0 unspecified atom stereocenters. The normalized spacial score (nSPS) is 17.6. The SMILES string of the molecule is CCNS(=O)(=O)CCNC(=O)CC1(CC(=O)O)CCCC1. The third-order valence-electron chi connectivity index (χ3n) is 3.78. The molecule has 0 saturated heterocycles. The van der Waals surface area contributed by atoms with Crippen LogP contribution in [0.1, 0.15) is 45.4 Å². The Morgan fingerprint density at radius 2 is 1.81 bits per heavy atom. The minimum atomic E-state index is -3.35. The lowest BCUT2D eigenvalue weighted by Gasteiger charge is -2.26. The van der Waals surface area contributed by atoms with E-state index in [4.69, 9.17) is 5.11 Å². The van der Waals surface area contributed by atoms with Gasteiger partial charge in [0.15, 0.2) is 0 Å². The highest BCUT2D eigenvalue weighted by atomic mass is 32.2. The third kappa shape index (κ3) is 6.43. The first kappa shape index (κ1) is 17.9. The van der Waals surface area contributed by atoms with Crippen LogP contribution in [-0.2, 0) is 19.6 Å². The summed E-state index contributed by atoms with van der Waals surface area (Å²) in [5.74, 6) is -1.33. The van der Waals surface area contributed by atoms with Gasteiger partial charge in [0.2, 0.25) is 15.9 Å². The van der Waals surface area contributed by atoms with E-state index in [1.165, 1.54) is 0 Å². The highest BCUT2D eigenvalue weighted by Crippen LogP contribution is 2.43. The molecule has 3 N–H and O–H groups in total. The third-order valence-corrected chi connectivity index (χ3v) is 5.25. The van der Waals surface area contributed by atoms with E-state index in [-0.39, 0.29) is 31.0 Å². The summed E-state index contributed by atoms with van der Waals surface area (Å²) in [7, 11) is -3.35. The number of rotatable bonds is 9. The number of carbonyl (C=O) groups is 2. The number of amides is 1. The van der Waals surface area contributed by atoms with Crippen molar-refractivity contribution in [1.29, 1.82) is 0 Å². The van der Waals surface area contributed by atoms with E-state index in [0.29, 0.717) is 6.54 Å². The van der Waals surface area contributed by atoms with Crippen LogP contribution in [0.2, 0.25) is 0 Å². The summed E-state index contributed by atoms with van der Waals surface area (Å²) in [5.41, 5.74) is -0.462. The Morgan fingerprint density at radius 1 is 1.19 bits per heavy atom. The number of aliphatic carboxylic acids is 1. The van der Waals surface area contributed by atoms with Gasteiger partial charge in [-0.3, -0.25) is 9.59 Å². The smallest absolute Gasteiger partial charge is 0.303 e. The van der Waals surface area contributed by atoms with E-state index >= 15 is 0 Å². The topological polar surface area (TPSA) is 113 Å². The molecule has 1 saturated carbocycles. The number of hydrogen-bond donors (Lipinski definition) is 3. The summed E-state index contributed by atoms with van der Waals surface area (Å²) in [6.45, 7) is 2.04. The number of carboxylic acids is 1. The first-order valence-electron chi connectivity index (χ1n) is 7.24. The van der Waals surface area contributed by atoms with Crippen molar-refractivity contribution in [2.45, 2.75) is 45.4 Å². The zero-order chi connectivity index (χ0) is 15.9. The molecule has 1 rings (SSSR count). The standard InChI is InChI=1S/C13H24N2O5S/c1-2-15-21(19,20)8-7-14-11(16)9-13(10-12(17)18)5-3-4-6-13/h15H,2-10H2,1H3,(H,14,16)(H,17,18). The maximum atomic E-state index is 11.9. The minimum Gasteiger partial charge on any atom is -0.481 e. The molecule has 0 aromatic heterocycles. The second kappa shape index (κ2) is 7.74. The highest BCUT2D eigenvalue weighted by Gasteiger charge is 2.37. The molecule has 0 aliphatic heterocycles. The van der Waals surface area contributed by atoms with Crippen LogP contribution in [0.25, 0.3) is 0 Å². The Kier molecular flexibility index (Phi) is 6.60.